The second-order valence-electron chi connectivity index (χ2n) is 5.77. The van der Waals surface area contributed by atoms with E-state index < -0.39 is 0 Å². The van der Waals surface area contributed by atoms with Crippen LogP contribution in [0.25, 0.3) is 0 Å². The van der Waals surface area contributed by atoms with Crippen molar-refractivity contribution in [2.75, 3.05) is 6.54 Å². The quantitative estimate of drug-likeness (QED) is 0.856. The minimum Gasteiger partial charge on any atom is -0.352 e. The van der Waals surface area contributed by atoms with Crippen LogP contribution in [0.1, 0.15) is 43.6 Å². The molecule has 0 saturated heterocycles. The van der Waals surface area contributed by atoms with Gasteiger partial charge in [-0.2, -0.15) is 0 Å². The van der Waals surface area contributed by atoms with Crippen LogP contribution in [0.5, 0.6) is 0 Å². The Morgan fingerprint density at radius 1 is 1.21 bits per heavy atom. The van der Waals surface area contributed by atoms with E-state index in [9.17, 15) is 4.79 Å². The van der Waals surface area contributed by atoms with Gasteiger partial charge in [0.1, 0.15) is 0 Å². The molecule has 0 unspecified atom stereocenters. The molecule has 1 amide bonds. The van der Waals surface area contributed by atoms with Crippen LogP contribution in [0.3, 0.4) is 0 Å². The van der Waals surface area contributed by atoms with Crippen LogP contribution >= 0.6 is 11.6 Å². The van der Waals surface area contributed by atoms with E-state index in [-0.39, 0.29) is 5.91 Å². The smallest absolute Gasteiger partial charge is 0.251 e. The van der Waals surface area contributed by atoms with Crippen LogP contribution < -0.4 is 5.32 Å². The fraction of sp³-hybridized carbons (Fsp3) is 0.562. The summed E-state index contributed by atoms with van der Waals surface area (Å²) in [4.78, 5) is 12.2. The molecule has 0 spiro atoms. The van der Waals surface area contributed by atoms with E-state index in [4.69, 9.17) is 11.6 Å². The fourth-order valence-corrected chi connectivity index (χ4v) is 2.57. The van der Waals surface area contributed by atoms with Gasteiger partial charge >= 0.3 is 0 Å². The van der Waals surface area contributed by atoms with Crippen LogP contribution in [-0.2, 0) is 0 Å². The number of benzene rings is 1. The zero-order chi connectivity index (χ0) is 14.6. The molecular formula is C16H24ClNO. The van der Waals surface area contributed by atoms with Crippen molar-refractivity contribution in [3.63, 3.8) is 0 Å². The molecule has 0 aliphatic carbocycles. The van der Waals surface area contributed by atoms with Gasteiger partial charge in [-0.3, -0.25) is 4.79 Å². The first-order valence-electron chi connectivity index (χ1n) is 6.87. The van der Waals surface area contributed by atoms with Gasteiger partial charge in [-0.1, -0.05) is 45.4 Å². The molecule has 0 aromatic heterocycles. The summed E-state index contributed by atoms with van der Waals surface area (Å²) in [5.41, 5.74) is 1.51. The molecule has 1 rings (SSSR count). The zero-order valence-electron chi connectivity index (χ0n) is 12.5. The summed E-state index contributed by atoms with van der Waals surface area (Å²) in [6.45, 7) is 11.4. The molecular weight excluding hydrogens is 258 g/mol. The Labute approximate surface area is 121 Å². The lowest BCUT2D eigenvalue weighted by molar-refractivity contribution is 0.0936. The van der Waals surface area contributed by atoms with E-state index in [2.05, 4.69) is 33.0 Å². The van der Waals surface area contributed by atoms with Crippen molar-refractivity contribution in [2.24, 2.45) is 17.8 Å². The van der Waals surface area contributed by atoms with E-state index in [0.717, 1.165) is 5.56 Å². The maximum atomic E-state index is 12.2. The molecule has 0 aliphatic rings. The first-order valence-corrected chi connectivity index (χ1v) is 7.25. The third kappa shape index (κ3) is 4.24. The summed E-state index contributed by atoms with van der Waals surface area (Å²) < 4.78 is 0. The zero-order valence-corrected chi connectivity index (χ0v) is 13.2. The van der Waals surface area contributed by atoms with E-state index >= 15 is 0 Å². The van der Waals surface area contributed by atoms with Crippen molar-refractivity contribution in [1.29, 1.82) is 0 Å². The van der Waals surface area contributed by atoms with E-state index in [0.29, 0.717) is 34.9 Å². The molecule has 0 radical (unpaired) electrons. The minimum atomic E-state index is -0.0358. The number of carbonyl (C=O) groups is 1. The highest BCUT2D eigenvalue weighted by atomic mass is 35.5. The van der Waals surface area contributed by atoms with Gasteiger partial charge in [0.2, 0.25) is 0 Å². The summed E-state index contributed by atoms with van der Waals surface area (Å²) in [6.07, 6.45) is 0. The number of rotatable bonds is 5. The van der Waals surface area contributed by atoms with Gasteiger partial charge in [0, 0.05) is 17.1 Å². The van der Waals surface area contributed by atoms with Crippen LogP contribution in [0, 0.1) is 24.7 Å². The predicted molar refractivity (Wildman–Crippen MR) is 81.7 cm³/mol. The minimum absolute atomic E-state index is 0.0358. The van der Waals surface area contributed by atoms with Crippen molar-refractivity contribution >= 4 is 17.5 Å². The van der Waals surface area contributed by atoms with Gasteiger partial charge in [0.05, 0.1) is 0 Å². The van der Waals surface area contributed by atoms with E-state index in [1.807, 2.05) is 19.1 Å². The summed E-state index contributed by atoms with van der Waals surface area (Å²) >= 11 is 6.04. The number of carbonyl (C=O) groups excluding carboxylic acids is 1. The summed E-state index contributed by atoms with van der Waals surface area (Å²) in [7, 11) is 0. The maximum Gasteiger partial charge on any atom is 0.251 e. The predicted octanol–water partition coefficient (Wildman–Crippen LogP) is 4.31. The number of halogens is 1. The molecule has 0 atom stereocenters. The first-order chi connectivity index (χ1) is 8.84. The average molecular weight is 282 g/mol. The molecule has 1 N–H and O–H groups in total. The second kappa shape index (κ2) is 6.95. The molecule has 3 heteroatoms. The maximum absolute atomic E-state index is 12.2. The standard InChI is InChI=1S/C16H24ClNO/c1-10(2)14(11(3)4)9-18-16(19)13-7-6-8-15(17)12(13)5/h6-8,10-11,14H,9H2,1-5H3,(H,18,19). The summed E-state index contributed by atoms with van der Waals surface area (Å²) in [5, 5.41) is 3.67. The highest BCUT2D eigenvalue weighted by Gasteiger charge is 2.19. The normalized spacial score (nSPS) is 11.4. The lowest BCUT2D eigenvalue weighted by atomic mass is 9.85. The molecule has 0 fully saturated rings. The molecule has 1 aromatic rings. The number of nitrogens with one attached hydrogen (secondary N) is 1. The van der Waals surface area contributed by atoms with Crippen molar-refractivity contribution < 1.29 is 4.79 Å². The second-order valence-corrected chi connectivity index (χ2v) is 6.18. The molecule has 2 nitrogen and oxygen atoms in total. The largest absolute Gasteiger partial charge is 0.352 e. The molecule has 106 valence electrons. The summed E-state index contributed by atoms with van der Waals surface area (Å²) in [6, 6.07) is 5.43. The van der Waals surface area contributed by atoms with Gasteiger partial charge in [0.15, 0.2) is 0 Å². The molecule has 0 saturated carbocycles. The van der Waals surface area contributed by atoms with Crippen LogP contribution in [-0.4, -0.2) is 12.5 Å². The number of amides is 1. The molecule has 1 aromatic carbocycles. The summed E-state index contributed by atoms with van der Waals surface area (Å²) in [5.74, 6) is 1.57. The molecule has 0 bridgehead atoms. The Balaban J connectivity index is 2.72. The Kier molecular flexibility index (Phi) is 5.86. The molecule has 0 aliphatic heterocycles. The van der Waals surface area contributed by atoms with Crippen LogP contribution in [0.15, 0.2) is 18.2 Å². The fourth-order valence-electron chi connectivity index (χ4n) is 2.40. The highest BCUT2D eigenvalue weighted by molar-refractivity contribution is 6.31. The Morgan fingerprint density at radius 3 is 2.32 bits per heavy atom. The van der Waals surface area contributed by atoms with Crippen molar-refractivity contribution in [3.8, 4) is 0 Å². The van der Waals surface area contributed by atoms with Gasteiger partial charge in [-0.05, 0) is 42.4 Å². The van der Waals surface area contributed by atoms with Crippen molar-refractivity contribution in [2.45, 2.75) is 34.6 Å². The van der Waals surface area contributed by atoms with Gasteiger partial charge in [0.25, 0.3) is 5.91 Å². The Bertz CT molecular complexity index is 432. The lowest BCUT2D eigenvalue weighted by Crippen LogP contribution is -2.34. The third-order valence-electron chi connectivity index (χ3n) is 3.72. The van der Waals surface area contributed by atoms with Crippen molar-refractivity contribution in [1.82, 2.24) is 5.32 Å². The van der Waals surface area contributed by atoms with Gasteiger partial charge < -0.3 is 5.32 Å². The number of hydrogen-bond donors (Lipinski definition) is 1. The van der Waals surface area contributed by atoms with Gasteiger partial charge in [-0.25, -0.2) is 0 Å². The first kappa shape index (κ1) is 16.0. The third-order valence-corrected chi connectivity index (χ3v) is 4.13. The SMILES string of the molecule is Cc1c(Cl)cccc1C(=O)NCC(C(C)C)C(C)C. The van der Waals surface area contributed by atoms with Crippen LogP contribution in [0.4, 0.5) is 0 Å². The monoisotopic (exact) mass is 281 g/mol. The van der Waals surface area contributed by atoms with Crippen LogP contribution in [0.2, 0.25) is 5.02 Å². The molecule has 0 heterocycles. The Hall–Kier alpha value is -1.02. The van der Waals surface area contributed by atoms with E-state index in [1.165, 1.54) is 0 Å². The lowest BCUT2D eigenvalue weighted by Gasteiger charge is -2.25. The van der Waals surface area contributed by atoms with E-state index in [1.54, 1.807) is 6.07 Å². The Morgan fingerprint density at radius 2 is 1.79 bits per heavy atom. The van der Waals surface area contributed by atoms with Crippen molar-refractivity contribution in [3.05, 3.63) is 34.3 Å². The van der Waals surface area contributed by atoms with Gasteiger partial charge in [-0.15, -0.1) is 0 Å². The topological polar surface area (TPSA) is 29.1 Å². The highest BCUT2D eigenvalue weighted by Crippen LogP contribution is 2.21. The average Bonchev–Trinajstić information content (AvgIpc) is 2.31. The molecule has 19 heavy (non-hydrogen) atoms. The number of hydrogen-bond acceptors (Lipinski definition) is 1.